The number of carbonyl (C=O) groups is 4. The molecular formula is C25H27N5O4S. The molecule has 0 bridgehead atoms. The van der Waals surface area contributed by atoms with Crippen LogP contribution in [0.25, 0.3) is 0 Å². The zero-order chi connectivity index (χ0) is 24.9. The fraction of sp³-hybridized carbons (Fsp3) is 0.320. The number of benzene rings is 2. The van der Waals surface area contributed by atoms with E-state index >= 15 is 0 Å². The SMILES string of the molecule is CN(C(=O)c1ccc(NC(=O)CC2SC(N3CCCCC3)=NC2=O)cc1)c1ccc(C(N)=O)cc1. The first-order valence-corrected chi connectivity index (χ1v) is 12.3. The van der Waals surface area contributed by atoms with E-state index < -0.39 is 11.2 Å². The third-order valence-electron chi connectivity index (χ3n) is 5.99. The minimum Gasteiger partial charge on any atom is -0.366 e. The number of hydrogen-bond acceptors (Lipinski definition) is 6. The van der Waals surface area contributed by atoms with E-state index in [0.29, 0.717) is 22.5 Å². The smallest absolute Gasteiger partial charge is 0.262 e. The molecule has 1 saturated heterocycles. The first-order chi connectivity index (χ1) is 16.8. The van der Waals surface area contributed by atoms with Crippen LogP contribution in [-0.2, 0) is 9.59 Å². The van der Waals surface area contributed by atoms with Crippen molar-refractivity contribution in [2.45, 2.75) is 30.9 Å². The average molecular weight is 494 g/mol. The molecule has 1 atom stereocenters. The van der Waals surface area contributed by atoms with Gasteiger partial charge in [-0.05, 0) is 67.8 Å². The lowest BCUT2D eigenvalue weighted by molar-refractivity contribution is -0.121. The molecule has 1 unspecified atom stereocenters. The molecule has 2 aromatic rings. The Hall–Kier alpha value is -3.66. The van der Waals surface area contributed by atoms with Crippen LogP contribution in [0.1, 0.15) is 46.4 Å². The molecule has 0 aromatic heterocycles. The maximum Gasteiger partial charge on any atom is 0.262 e. The van der Waals surface area contributed by atoms with Gasteiger partial charge in [0.2, 0.25) is 11.8 Å². The largest absolute Gasteiger partial charge is 0.366 e. The molecule has 2 aromatic carbocycles. The summed E-state index contributed by atoms with van der Waals surface area (Å²) >= 11 is 1.36. The molecule has 4 rings (SSSR count). The number of aliphatic imine (C=N–C) groups is 1. The highest BCUT2D eigenvalue weighted by Gasteiger charge is 2.33. The number of piperidine rings is 1. The molecule has 0 radical (unpaired) electrons. The Morgan fingerprint density at radius 1 is 1.03 bits per heavy atom. The number of thioether (sulfide) groups is 1. The Labute approximate surface area is 207 Å². The predicted molar refractivity (Wildman–Crippen MR) is 137 cm³/mol. The molecule has 0 aliphatic carbocycles. The van der Waals surface area contributed by atoms with Gasteiger partial charge in [0, 0.05) is 49.1 Å². The fourth-order valence-electron chi connectivity index (χ4n) is 3.97. The Morgan fingerprint density at radius 3 is 2.29 bits per heavy atom. The summed E-state index contributed by atoms with van der Waals surface area (Å²) < 4.78 is 0. The van der Waals surface area contributed by atoms with Gasteiger partial charge in [0.05, 0.1) is 0 Å². The van der Waals surface area contributed by atoms with Crippen molar-refractivity contribution in [1.82, 2.24) is 4.90 Å². The molecule has 0 saturated carbocycles. The van der Waals surface area contributed by atoms with Gasteiger partial charge in [0.15, 0.2) is 5.17 Å². The summed E-state index contributed by atoms with van der Waals surface area (Å²) in [5.74, 6) is -1.32. The van der Waals surface area contributed by atoms with E-state index in [-0.39, 0.29) is 24.1 Å². The highest BCUT2D eigenvalue weighted by Crippen LogP contribution is 2.29. The van der Waals surface area contributed by atoms with E-state index in [1.165, 1.54) is 23.1 Å². The minimum atomic E-state index is -0.533. The van der Waals surface area contributed by atoms with Crippen LogP contribution in [0.2, 0.25) is 0 Å². The van der Waals surface area contributed by atoms with Crippen LogP contribution in [0, 0.1) is 0 Å². The van der Waals surface area contributed by atoms with Crippen molar-refractivity contribution >= 4 is 51.9 Å². The molecule has 2 aliphatic heterocycles. The highest BCUT2D eigenvalue weighted by atomic mass is 32.2. The molecule has 9 nitrogen and oxygen atoms in total. The Morgan fingerprint density at radius 2 is 1.66 bits per heavy atom. The molecule has 1 fully saturated rings. The number of nitrogens with two attached hydrogens (primary N) is 1. The second-order valence-corrected chi connectivity index (χ2v) is 9.66. The maximum atomic E-state index is 12.8. The molecule has 2 aliphatic rings. The third kappa shape index (κ3) is 5.89. The van der Waals surface area contributed by atoms with Crippen molar-refractivity contribution < 1.29 is 19.2 Å². The summed E-state index contributed by atoms with van der Waals surface area (Å²) in [5, 5.41) is 3.00. The lowest BCUT2D eigenvalue weighted by Gasteiger charge is -2.27. The van der Waals surface area contributed by atoms with Crippen LogP contribution < -0.4 is 16.0 Å². The van der Waals surface area contributed by atoms with Crippen molar-refractivity contribution in [3.63, 3.8) is 0 Å². The Bertz CT molecular complexity index is 1160. The van der Waals surface area contributed by atoms with Crippen LogP contribution >= 0.6 is 11.8 Å². The monoisotopic (exact) mass is 493 g/mol. The number of hydrogen-bond donors (Lipinski definition) is 2. The van der Waals surface area contributed by atoms with Crippen LogP contribution in [0.5, 0.6) is 0 Å². The number of anilines is 2. The zero-order valence-corrected chi connectivity index (χ0v) is 20.2. The first kappa shape index (κ1) is 24.5. The summed E-state index contributed by atoms with van der Waals surface area (Å²) in [7, 11) is 1.63. The van der Waals surface area contributed by atoms with Gasteiger partial charge in [0.1, 0.15) is 5.25 Å². The fourth-order valence-corrected chi connectivity index (χ4v) is 5.08. The second kappa shape index (κ2) is 10.7. The van der Waals surface area contributed by atoms with E-state index in [1.807, 2.05) is 0 Å². The lowest BCUT2D eigenvalue weighted by atomic mass is 10.1. The van der Waals surface area contributed by atoms with Crippen LogP contribution in [0.4, 0.5) is 11.4 Å². The number of likely N-dealkylation sites (tertiary alicyclic amines) is 1. The van der Waals surface area contributed by atoms with Crippen LogP contribution in [-0.4, -0.2) is 59.1 Å². The van der Waals surface area contributed by atoms with Crippen molar-refractivity contribution in [2.75, 3.05) is 30.4 Å². The number of amides is 4. The van der Waals surface area contributed by atoms with Crippen molar-refractivity contribution in [1.29, 1.82) is 0 Å². The summed E-state index contributed by atoms with van der Waals surface area (Å²) in [4.78, 5) is 56.6. The topological polar surface area (TPSA) is 125 Å². The molecule has 3 N–H and O–H groups in total. The highest BCUT2D eigenvalue weighted by molar-refractivity contribution is 8.15. The normalized spacial score (nSPS) is 17.6. The standard InChI is InChI=1S/C25H27N5O4S/c1-29(19-11-7-16(8-12-19)22(26)32)24(34)17-5-9-18(10-6-17)27-21(31)15-20-23(33)28-25(35-20)30-13-3-2-4-14-30/h5-12,20H,2-4,13-15H2,1H3,(H2,26,32)(H,27,31). The molecule has 10 heteroatoms. The number of rotatable bonds is 6. The second-order valence-electron chi connectivity index (χ2n) is 8.49. The predicted octanol–water partition coefficient (Wildman–Crippen LogP) is 2.87. The number of carbonyl (C=O) groups excluding carboxylic acids is 4. The van der Waals surface area contributed by atoms with Crippen molar-refractivity contribution in [3.05, 3.63) is 59.7 Å². The molecular weight excluding hydrogens is 466 g/mol. The van der Waals surface area contributed by atoms with E-state index in [4.69, 9.17) is 5.73 Å². The average Bonchev–Trinajstić information content (AvgIpc) is 3.24. The lowest BCUT2D eigenvalue weighted by Crippen LogP contribution is -2.33. The van der Waals surface area contributed by atoms with Gasteiger partial charge < -0.3 is 20.9 Å². The van der Waals surface area contributed by atoms with Crippen molar-refractivity contribution in [2.24, 2.45) is 10.7 Å². The number of nitrogens with zero attached hydrogens (tertiary/aromatic N) is 3. The van der Waals surface area contributed by atoms with E-state index in [1.54, 1.807) is 55.6 Å². The quantitative estimate of drug-likeness (QED) is 0.638. The van der Waals surface area contributed by atoms with Gasteiger partial charge in [-0.3, -0.25) is 19.2 Å². The molecule has 35 heavy (non-hydrogen) atoms. The number of primary amides is 1. The summed E-state index contributed by atoms with van der Waals surface area (Å²) in [6.45, 7) is 1.80. The first-order valence-electron chi connectivity index (χ1n) is 11.4. The van der Waals surface area contributed by atoms with Crippen LogP contribution in [0.3, 0.4) is 0 Å². The van der Waals surface area contributed by atoms with Gasteiger partial charge in [0.25, 0.3) is 11.8 Å². The Balaban J connectivity index is 1.31. The molecule has 182 valence electrons. The van der Waals surface area contributed by atoms with Gasteiger partial charge >= 0.3 is 0 Å². The Kier molecular flexibility index (Phi) is 7.50. The summed E-state index contributed by atoms with van der Waals surface area (Å²) in [6, 6.07) is 13.0. The maximum absolute atomic E-state index is 12.8. The van der Waals surface area contributed by atoms with E-state index in [0.717, 1.165) is 31.1 Å². The molecule has 2 heterocycles. The van der Waals surface area contributed by atoms with E-state index in [9.17, 15) is 19.2 Å². The molecule has 4 amide bonds. The van der Waals surface area contributed by atoms with Gasteiger partial charge in [-0.15, -0.1) is 0 Å². The van der Waals surface area contributed by atoms with Gasteiger partial charge in [-0.25, -0.2) is 0 Å². The van der Waals surface area contributed by atoms with Gasteiger partial charge in [-0.2, -0.15) is 4.99 Å². The van der Waals surface area contributed by atoms with Crippen molar-refractivity contribution in [3.8, 4) is 0 Å². The minimum absolute atomic E-state index is 0.0368. The number of amidine groups is 1. The van der Waals surface area contributed by atoms with Gasteiger partial charge in [-0.1, -0.05) is 11.8 Å². The third-order valence-corrected chi connectivity index (χ3v) is 7.20. The molecule has 0 spiro atoms. The summed E-state index contributed by atoms with van der Waals surface area (Å²) in [5.41, 5.74) is 7.20. The number of nitrogens with one attached hydrogen (secondary N) is 1. The van der Waals surface area contributed by atoms with E-state index in [2.05, 4.69) is 15.2 Å². The zero-order valence-electron chi connectivity index (χ0n) is 19.4. The van der Waals surface area contributed by atoms with Crippen LogP contribution in [0.15, 0.2) is 53.5 Å². The summed E-state index contributed by atoms with van der Waals surface area (Å²) in [6.07, 6.45) is 3.41.